The summed E-state index contributed by atoms with van der Waals surface area (Å²) in [6, 6.07) is 25.6. The number of oxime groups is 1. The monoisotopic (exact) mass is 874 g/mol. The summed E-state index contributed by atoms with van der Waals surface area (Å²) in [5.41, 5.74) is 3.62. The van der Waals surface area contributed by atoms with E-state index in [0.717, 1.165) is 72.6 Å². The molecule has 2 heterocycles. The lowest BCUT2D eigenvalue weighted by molar-refractivity contribution is -0.254. The van der Waals surface area contributed by atoms with Crippen molar-refractivity contribution in [3.8, 4) is 11.5 Å². The Labute approximate surface area is 376 Å². The van der Waals surface area contributed by atoms with Crippen LogP contribution in [0.2, 0.25) is 0 Å². The minimum Gasteiger partial charge on any atom is -0.489 e. The van der Waals surface area contributed by atoms with Crippen molar-refractivity contribution in [1.82, 2.24) is 4.90 Å². The summed E-state index contributed by atoms with van der Waals surface area (Å²) in [5, 5.41) is 27.0. The molecule has 8 rings (SSSR count). The van der Waals surface area contributed by atoms with E-state index in [1.54, 1.807) is 24.3 Å². The fourth-order valence-electron chi connectivity index (χ4n) is 10.6. The van der Waals surface area contributed by atoms with Crippen LogP contribution >= 0.6 is 0 Å². The van der Waals surface area contributed by atoms with E-state index in [-0.39, 0.29) is 62.3 Å². The molecule has 4 aliphatic rings. The highest BCUT2D eigenvalue weighted by atomic mass is 19.1. The highest BCUT2D eigenvalue weighted by Crippen LogP contribution is 2.62. The second-order valence-electron chi connectivity index (χ2n) is 17.6. The number of aliphatic hydroxyl groups excluding tert-OH is 2. The molecule has 2 fully saturated rings. The van der Waals surface area contributed by atoms with Gasteiger partial charge in [-0.15, -0.1) is 6.58 Å². The Kier molecular flexibility index (Phi) is 15.1. The molecule has 7 unspecified atom stereocenters. The maximum absolute atomic E-state index is 15.3. The Morgan fingerprint density at radius 1 is 0.969 bits per heavy atom. The van der Waals surface area contributed by atoms with Crippen LogP contribution in [0.1, 0.15) is 105 Å². The number of hydrogen-bond acceptors (Lipinski definition) is 9. The predicted molar refractivity (Wildman–Crippen MR) is 246 cm³/mol. The standard InChI is InChI=1S/C53H63FN2O8/c1-3-26-56(52(59)39-23-22-36-15-5-6-16-37(36)31-39)48-34-46(55-64-49-21-11-14-30-60-49)43-32-38(17-9-12-27-57)42(19-10-13-28-58)50-44-33-41(61-35-40-18-7-8-20-45(40)54)24-25-47(44)63-53(48,51(43)50)62-29-4-2/h4-8,15-16,18,20,22-25,31-33,38,42,48-51,57-58H,2-3,9-14,17,19,21,26-30,34-35H2,1H3. The van der Waals surface area contributed by atoms with Crippen molar-refractivity contribution < 1.29 is 43.2 Å². The highest BCUT2D eigenvalue weighted by molar-refractivity contribution is 6.04. The van der Waals surface area contributed by atoms with Gasteiger partial charge in [0, 0.05) is 55.2 Å². The van der Waals surface area contributed by atoms with E-state index in [9.17, 15) is 14.6 Å². The molecule has 340 valence electrons. The SMILES string of the molecule is C=CCOC12Oc3ccc(OCc4ccccc4F)cc3C3C(CCCCO)C(CCCCO)C=C(C(=NOC4CCCCO4)CC1N(CCC)C(=O)c1ccc4ccccc4c1)C32. The van der Waals surface area contributed by atoms with Gasteiger partial charge in [0.2, 0.25) is 12.1 Å². The topological polar surface area (TPSA) is 119 Å². The number of allylic oxidation sites excluding steroid dienone is 1. The summed E-state index contributed by atoms with van der Waals surface area (Å²) in [6.45, 7) is 7.56. The van der Waals surface area contributed by atoms with Gasteiger partial charge >= 0.3 is 0 Å². The molecule has 10 nitrogen and oxygen atoms in total. The lowest BCUT2D eigenvalue weighted by Crippen LogP contribution is -2.70. The van der Waals surface area contributed by atoms with Crippen LogP contribution in [0.4, 0.5) is 4.39 Å². The van der Waals surface area contributed by atoms with E-state index in [4.69, 9.17) is 28.9 Å². The molecule has 64 heavy (non-hydrogen) atoms. The van der Waals surface area contributed by atoms with Crippen LogP contribution in [-0.4, -0.2) is 77.8 Å². The highest BCUT2D eigenvalue weighted by Gasteiger charge is 2.65. The first-order valence-electron chi connectivity index (χ1n) is 23.4. The molecule has 11 heteroatoms. The molecule has 0 aromatic heterocycles. The quantitative estimate of drug-likeness (QED) is 0.0512. The molecule has 2 N–H and O–H groups in total. The number of fused-ring (bicyclic) bond motifs is 3. The van der Waals surface area contributed by atoms with Gasteiger partial charge in [0.05, 0.1) is 24.8 Å². The number of benzene rings is 4. The third-order valence-corrected chi connectivity index (χ3v) is 13.5. The van der Waals surface area contributed by atoms with Gasteiger partial charge in [0.25, 0.3) is 5.91 Å². The molecule has 0 radical (unpaired) electrons. The van der Waals surface area contributed by atoms with Crippen molar-refractivity contribution in [2.45, 2.75) is 108 Å². The third-order valence-electron chi connectivity index (χ3n) is 13.5. The number of aliphatic hydroxyl groups is 2. The van der Waals surface area contributed by atoms with Crippen LogP contribution < -0.4 is 9.47 Å². The Morgan fingerprint density at radius 2 is 1.77 bits per heavy atom. The molecule has 1 amide bonds. The first kappa shape index (κ1) is 45.5. The van der Waals surface area contributed by atoms with Crippen LogP contribution in [0, 0.1) is 23.6 Å². The average Bonchev–Trinajstić information content (AvgIpc) is 3.32. The first-order valence-corrected chi connectivity index (χ1v) is 23.4. The summed E-state index contributed by atoms with van der Waals surface area (Å²) in [7, 11) is 0. The van der Waals surface area contributed by atoms with E-state index in [2.05, 4.69) is 19.6 Å². The predicted octanol–water partition coefficient (Wildman–Crippen LogP) is 10.3. The van der Waals surface area contributed by atoms with Gasteiger partial charge in [0.1, 0.15) is 30.0 Å². The van der Waals surface area contributed by atoms with Crippen molar-refractivity contribution in [3.05, 3.63) is 132 Å². The third kappa shape index (κ3) is 9.64. The normalized spacial score (nSPS) is 25.4. The number of hydrogen-bond donors (Lipinski definition) is 2. The smallest absolute Gasteiger partial charge is 0.254 e. The summed E-state index contributed by atoms with van der Waals surface area (Å²) >= 11 is 0. The number of nitrogens with zero attached hydrogens (tertiary/aromatic N) is 2. The fraction of sp³-hybridized carbons (Fsp3) is 0.472. The van der Waals surface area contributed by atoms with Crippen LogP contribution in [0.15, 0.2) is 114 Å². The van der Waals surface area contributed by atoms with E-state index < -0.39 is 24.0 Å². The zero-order valence-corrected chi connectivity index (χ0v) is 37.0. The Morgan fingerprint density at radius 3 is 2.53 bits per heavy atom. The lowest BCUT2D eigenvalue weighted by Gasteiger charge is -2.60. The summed E-state index contributed by atoms with van der Waals surface area (Å²) in [4.78, 5) is 23.5. The van der Waals surface area contributed by atoms with Gasteiger partial charge in [-0.1, -0.05) is 85.6 Å². The second-order valence-corrected chi connectivity index (χ2v) is 17.6. The van der Waals surface area contributed by atoms with Gasteiger partial charge in [-0.3, -0.25) is 4.79 Å². The molecule has 1 saturated heterocycles. The lowest BCUT2D eigenvalue weighted by atomic mass is 9.55. The Hall–Kier alpha value is -5.07. The largest absolute Gasteiger partial charge is 0.489 e. The van der Waals surface area contributed by atoms with E-state index in [0.29, 0.717) is 55.0 Å². The summed E-state index contributed by atoms with van der Waals surface area (Å²) < 4.78 is 41.8. The van der Waals surface area contributed by atoms with E-state index in [1.165, 1.54) is 6.07 Å². The van der Waals surface area contributed by atoms with Gasteiger partial charge in [-0.2, -0.15) is 0 Å². The van der Waals surface area contributed by atoms with Crippen LogP contribution in [0.25, 0.3) is 10.8 Å². The molecular weight excluding hydrogens is 812 g/mol. The maximum Gasteiger partial charge on any atom is 0.254 e. The molecule has 7 atom stereocenters. The van der Waals surface area contributed by atoms with Crippen molar-refractivity contribution in [2.75, 3.05) is 33.0 Å². The van der Waals surface area contributed by atoms with E-state index >= 15 is 4.79 Å². The van der Waals surface area contributed by atoms with Crippen LogP contribution in [0.3, 0.4) is 0 Å². The number of carbonyl (C=O) groups excluding carboxylic acids is 1. The molecule has 2 aliphatic carbocycles. The molecular formula is C53H63FN2O8. The molecule has 4 aromatic carbocycles. The maximum atomic E-state index is 15.3. The molecule has 2 aliphatic heterocycles. The number of rotatable bonds is 20. The zero-order chi connectivity index (χ0) is 44.5. The fourth-order valence-corrected chi connectivity index (χ4v) is 10.6. The number of carbonyl (C=O) groups is 1. The Bertz CT molecular complexity index is 2290. The van der Waals surface area contributed by atoms with Crippen molar-refractivity contribution >= 4 is 22.4 Å². The second kappa shape index (κ2) is 21.3. The van der Waals surface area contributed by atoms with Gasteiger partial charge < -0.3 is 38.9 Å². The van der Waals surface area contributed by atoms with Gasteiger partial charge in [0.15, 0.2) is 0 Å². The zero-order valence-electron chi connectivity index (χ0n) is 37.0. The van der Waals surface area contributed by atoms with Crippen molar-refractivity contribution in [2.24, 2.45) is 22.9 Å². The van der Waals surface area contributed by atoms with Crippen LogP contribution in [-0.2, 0) is 20.9 Å². The summed E-state index contributed by atoms with van der Waals surface area (Å²) in [6.07, 6.45) is 11.8. The minimum atomic E-state index is -1.40. The molecule has 0 bridgehead atoms. The first-order chi connectivity index (χ1) is 31.4. The molecule has 1 saturated carbocycles. The van der Waals surface area contributed by atoms with Gasteiger partial charge in [-0.25, -0.2) is 4.39 Å². The molecule has 0 spiro atoms. The van der Waals surface area contributed by atoms with Crippen molar-refractivity contribution in [3.63, 3.8) is 0 Å². The van der Waals surface area contributed by atoms with E-state index in [1.807, 2.05) is 65.6 Å². The van der Waals surface area contributed by atoms with Gasteiger partial charge in [-0.05, 0) is 110 Å². The number of unbranched alkanes of at least 4 members (excludes halogenated alkanes) is 2. The molecule has 4 aromatic rings. The van der Waals surface area contributed by atoms with Crippen molar-refractivity contribution in [1.29, 1.82) is 0 Å². The number of ether oxygens (including phenoxy) is 4. The minimum absolute atomic E-state index is 0.0357. The average molecular weight is 875 g/mol. The number of amides is 1. The Balaban J connectivity index is 1.32. The van der Waals surface area contributed by atoms with Crippen LogP contribution in [0.5, 0.6) is 11.5 Å². The summed E-state index contributed by atoms with van der Waals surface area (Å²) in [5.74, 6) is -1.29. The number of halogens is 1.